The van der Waals surface area contributed by atoms with Crippen molar-refractivity contribution >= 4 is 0 Å². The molecule has 0 bridgehead atoms. The molecule has 1 N–H and O–H groups in total. The van der Waals surface area contributed by atoms with Crippen molar-refractivity contribution < 1.29 is 0 Å². The van der Waals surface area contributed by atoms with Gasteiger partial charge in [0.05, 0.1) is 12.2 Å². The molecule has 8 nitrogen and oxygen atoms in total. The summed E-state index contributed by atoms with van der Waals surface area (Å²) >= 11 is 0. The number of nitrogens with zero attached hydrogens (tertiary/aromatic N) is 6. The van der Waals surface area contributed by atoms with Crippen LogP contribution in [0.3, 0.4) is 0 Å². The van der Waals surface area contributed by atoms with Gasteiger partial charge in [-0.2, -0.15) is 5.21 Å². The minimum atomic E-state index is 0.103. The van der Waals surface area contributed by atoms with Crippen LogP contribution in [-0.4, -0.2) is 34.7 Å². The van der Waals surface area contributed by atoms with Crippen LogP contribution in [0.1, 0.15) is 70.7 Å². The van der Waals surface area contributed by atoms with E-state index in [4.69, 9.17) is 4.98 Å². The summed E-state index contributed by atoms with van der Waals surface area (Å²) in [5.74, 6) is 1.07. The number of aromatic nitrogens is 7. The van der Waals surface area contributed by atoms with Crippen LogP contribution in [0.25, 0.3) is 22.6 Å². The molecule has 0 saturated heterocycles. The van der Waals surface area contributed by atoms with Gasteiger partial charge in [-0.25, -0.2) is 4.79 Å². The molecular formula is C28H35N7O. The molecule has 36 heavy (non-hydrogen) atoms. The Labute approximate surface area is 211 Å². The standard InChI is InChI=1S/C28H35N7O/c1-5-6-9-20-18-35(25-15-13-23(25)28(2,3)4)27(36)34(20)17-19-12-14-24(29-16-19)21-10-7-8-11-22(21)26-30-32-33-31-26/h7-8,10-12,14,16,18,23,25H,5-6,9,13,15,17H2,1-4H3,(H,30,31,32,33). The molecule has 8 heteroatoms. The van der Waals surface area contributed by atoms with Crippen molar-refractivity contribution in [1.29, 1.82) is 0 Å². The molecule has 188 valence electrons. The van der Waals surface area contributed by atoms with Crippen LogP contribution in [-0.2, 0) is 13.0 Å². The van der Waals surface area contributed by atoms with Crippen LogP contribution >= 0.6 is 0 Å². The molecule has 4 aromatic rings. The van der Waals surface area contributed by atoms with Crippen LogP contribution in [0.4, 0.5) is 0 Å². The Morgan fingerprint density at radius 1 is 1.08 bits per heavy atom. The lowest BCUT2D eigenvalue weighted by molar-refractivity contribution is 0.0616. The van der Waals surface area contributed by atoms with E-state index in [0.717, 1.165) is 53.8 Å². The lowest BCUT2D eigenvalue weighted by Crippen LogP contribution is -2.42. The van der Waals surface area contributed by atoms with E-state index in [9.17, 15) is 4.79 Å². The number of benzene rings is 1. The quantitative estimate of drug-likeness (QED) is 0.366. The van der Waals surface area contributed by atoms with Crippen LogP contribution in [0.2, 0.25) is 0 Å². The van der Waals surface area contributed by atoms with Crippen LogP contribution in [0, 0.1) is 11.3 Å². The number of rotatable bonds is 8. The highest BCUT2D eigenvalue weighted by atomic mass is 16.1. The van der Waals surface area contributed by atoms with Gasteiger partial charge < -0.3 is 0 Å². The Morgan fingerprint density at radius 2 is 1.89 bits per heavy atom. The highest BCUT2D eigenvalue weighted by Crippen LogP contribution is 2.48. The number of pyridine rings is 1. The average Bonchev–Trinajstić information content (AvgIpc) is 3.46. The van der Waals surface area contributed by atoms with Gasteiger partial charge in [-0.1, -0.05) is 64.4 Å². The average molecular weight is 486 g/mol. The van der Waals surface area contributed by atoms with Gasteiger partial charge in [0.15, 0.2) is 0 Å². The molecule has 1 aliphatic carbocycles. The first-order valence-corrected chi connectivity index (χ1v) is 13.0. The Bertz CT molecular complexity index is 1360. The minimum Gasteiger partial charge on any atom is -0.296 e. The number of hydrogen-bond donors (Lipinski definition) is 1. The van der Waals surface area contributed by atoms with E-state index >= 15 is 0 Å². The monoisotopic (exact) mass is 485 g/mol. The molecule has 2 unspecified atom stereocenters. The van der Waals surface area contributed by atoms with Gasteiger partial charge in [0.2, 0.25) is 5.82 Å². The first-order chi connectivity index (χ1) is 17.4. The van der Waals surface area contributed by atoms with Gasteiger partial charge >= 0.3 is 5.69 Å². The number of aryl methyl sites for hydroxylation is 1. The van der Waals surface area contributed by atoms with Crippen LogP contribution in [0.15, 0.2) is 53.6 Å². The predicted octanol–water partition coefficient (Wildman–Crippen LogP) is 5.28. The summed E-state index contributed by atoms with van der Waals surface area (Å²) in [5, 5.41) is 14.4. The van der Waals surface area contributed by atoms with Crippen molar-refractivity contribution in [2.45, 2.75) is 72.4 Å². The van der Waals surface area contributed by atoms with Gasteiger partial charge in [-0.15, -0.1) is 10.2 Å². The molecular weight excluding hydrogens is 450 g/mol. The van der Waals surface area contributed by atoms with E-state index < -0.39 is 0 Å². The second-order valence-corrected chi connectivity index (χ2v) is 10.9. The molecule has 3 aromatic heterocycles. The van der Waals surface area contributed by atoms with E-state index in [-0.39, 0.29) is 11.1 Å². The Kier molecular flexibility index (Phi) is 6.60. The third-order valence-electron chi connectivity index (χ3n) is 7.54. The fourth-order valence-electron chi connectivity index (χ4n) is 5.37. The van der Waals surface area contributed by atoms with E-state index in [1.165, 1.54) is 6.42 Å². The third-order valence-corrected chi connectivity index (χ3v) is 7.54. The first-order valence-electron chi connectivity index (χ1n) is 13.0. The number of tetrazole rings is 1. The van der Waals surface area contributed by atoms with Gasteiger partial charge in [0.25, 0.3) is 0 Å². The number of unbranched alkanes of at least 4 members (excludes halogenated alkanes) is 1. The number of aromatic amines is 1. The van der Waals surface area contributed by atoms with Crippen molar-refractivity contribution in [3.05, 3.63) is 70.5 Å². The summed E-state index contributed by atoms with van der Waals surface area (Å²) in [6, 6.07) is 12.2. The zero-order valence-corrected chi connectivity index (χ0v) is 21.6. The summed E-state index contributed by atoms with van der Waals surface area (Å²) in [6.45, 7) is 9.57. The largest absolute Gasteiger partial charge is 0.328 e. The van der Waals surface area contributed by atoms with Crippen LogP contribution in [0.5, 0.6) is 0 Å². The Morgan fingerprint density at radius 3 is 2.50 bits per heavy atom. The molecule has 1 aromatic carbocycles. The smallest absolute Gasteiger partial charge is 0.296 e. The number of imidazole rings is 1. The van der Waals surface area contributed by atoms with Gasteiger partial charge in [0, 0.05) is 35.3 Å². The third kappa shape index (κ3) is 4.64. The maximum atomic E-state index is 13.6. The second kappa shape index (κ2) is 9.84. The van der Waals surface area contributed by atoms with Gasteiger partial charge in [-0.3, -0.25) is 14.1 Å². The summed E-state index contributed by atoms with van der Waals surface area (Å²) in [6.07, 6.45) is 9.35. The molecule has 0 radical (unpaired) electrons. The van der Waals surface area contributed by atoms with Crippen molar-refractivity contribution in [1.82, 2.24) is 34.7 Å². The molecule has 1 saturated carbocycles. The molecule has 2 atom stereocenters. The summed E-state index contributed by atoms with van der Waals surface area (Å²) < 4.78 is 3.98. The Hall–Kier alpha value is -3.55. The minimum absolute atomic E-state index is 0.103. The summed E-state index contributed by atoms with van der Waals surface area (Å²) in [5.41, 5.74) is 5.07. The molecule has 0 spiro atoms. The van der Waals surface area contributed by atoms with Crippen molar-refractivity contribution in [3.63, 3.8) is 0 Å². The van der Waals surface area contributed by atoms with Gasteiger partial charge in [-0.05, 0) is 53.9 Å². The second-order valence-electron chi connectivity index (χ2n) is 10.9. The maximum Gasteiger partial charge on any atom is 0.328 e. The Balaban J connectivity index is 1.43. The first kappa shape index (κ1) is 24.2. The van der Waals surface area contributed by atoms with Crippen molar-refractivity contribution in [2.75, 3.05) is 0 Å². The van der Waals surface area contributed by atoms with Crippen molar-refractivity contribution in [3.8, 4) is 22.6 Å². The van der Waals surface area contributed by atoms with Crippen LogP contribution < -0.4 is 5.69 Å². The molecule has 0 amide bonds. The normalized spacial score (nSPS) is 17.8. The fourth-order valence-corrected chi connectivity index (χ4v) is 5.37. The fraction of sp³-hybridized carbons (Fsp3) is 0.464. The number of nitrogens with one attached hydrogen (secondary N) is 1. The predicted molar refractivity (Wildman–Crippen MR) is 140 cm³/mol. The van der Waals surface area contributed by atoms with Gasteiger partial charge in [0.1, 0.15) is 0 Å². The lowest BCUT2D eigenvalue weighted by atomic mass is 9.65. The zero-order chi connectivity index (χ0) is 25.3. The number of H-pyrrole nitrogens is 1. The van der Waals surface area contributed by atoms with E-state index in [1.54, 1.807) is 0 Å². The zero-order valence-electron chi connectivity index (χ0n) is 21.6. The van der Waals surface area contributed by atoms with E-state index in [1.807, 2.05) is 45.7 Å². The number of hydrogen-bond acceptors (Lipinski definition) is 5. The van der Waals surface area contributed by atoms with Crippen molar-refractivity contribution in [2.24, 2.45) is 11.3 Å². The maximum absolute atomic E-state index is 13.6. The van der Waals surface area contributed by atoms with E-state index in [2.05, 4.69) is 60.6 Å². The summed E-state index contributed by atoms with van der Waals surface area (Å²) in [4.78, 5) is 18.4. The highest BCUT2D eigenvalue weighted by Gasteiger charge is 2.41. The topological polar surface area (TPSA) is 94.3 Å². The SMILES string of the molecule is CCCCc1cn(C2CCC2C(C)(C)C)c(=O)n1Cc1ccc(-c2ccccc2-c2nn[nH]n2)nc1. The molecule has 1 fully saturated rings. The molecule has 3 heterocycles. The molecule has 5 rings (SSSR count). The molecule has 0 aliphatic heterocycles. The highest BCUT2D eigenvalue weighted by molar-refractivity contribution is 5.78. The molecule has 1 aliphatic rings. The summed E-state index contributed by atoms with van der Waals surface area (Å²) in [7, 11) is 0. The van der Waals surface area contributed by atoms with E-state index in [0.29, 0.717) is 24.3 Å². The lowest BCUT2D eigenvalue weighted by Gasteiger charge is -2.45.